The molecule has 0 aliphatic carbocycles. The number of aliphatic hydroxyl groups is 1. The lowest BCUT2D eigenvalue weighted by atomic mass is 10.0. The Labute approximate surface area is 117 Å². The molecule has 1 aromatic rings. The Morgan fingerprint density at radius 1 is 1.42 bits per heavy atom. The molecule has 2 aliphatic heterocycles. The number of benzene rings is 1. The molecule has 0 bridgehead atoms. The van der Waals surface area contributed by atoms with Gasteiger partial charge in [0.05, 0.1) is 18.2 Å². The van der Waals surface area contributed by atoms with E-state index in [1.54, 1.807) is 0 Å². The average molecular weight is 278 g/mol. The summed E-state index contributed by atoms with van der Waals surface area (Å²) in [4.78, 5) is 13.4. The van der Waals surface area contributed by atoms with Gasteiger partial charge >= 0.3 is 0 Å². The van der Waals surface area contributed by atoms with E-state index in [4.69, 9.17) is 0 Å². The molecular weight excluding hydrogens is 260 g/mol. The van der Waals surface area contributed by atoms with Crippen molar-refractivity contribution in [1.29, 1.82) is 0 Å². The van der Waals surface area contributed by atoms with Crippen LogP contribution in [0.3, 0.4) is 0 Å². The number of nitrogens with one attached hydrogen (secondary N) is 2. The molecule has 5 heteroatoms. The highest BCUT2D eigenvalue weighted by atomic mass is 32.2. The summed E-state index contributed by atoms with van der Waals surface area (Å²) in [5.41, 5.74) is 1.21. The van der Waals surface area contributed by atoms with Crippen LogP contribution in [0.2, 0.25) is 0 Å². The minimum atomic E-state index is -0.398. The first kappa shape index (κ1) is 13.0. The zero-order valence-electron chi connectivity index (χ0n) is 10.6. The maximum atomic E-state index is 12.2. The van der Waals surface area contributed by atoms with Crippen LogP contribution in [0.1, 0.15) is 24.4 Å². The lowest BCUT2D eigenvalue weighted by molar-refractivity contribution is -0.123. The number of hydrogen-bond donors (Lipinski definition) is 3. The van der Waals surface area contributed by atoms with Crippen LogP contribution in [-0.4, -0.2) is 35.5 Å². The van der Waals surface area contributed by atoms with Crippen LogP contribution in [0, 0.1) is 0 Å². The monoisotopic (exact) mass is 278 g/mol. The maximum Gasteiger partial charge on any atom is 0.237 e. The van der Waals surface area contributed by atoms with E-state index >= 15 is 0 Å². The number of rotatable bonds is 2. The van der Waals surface area contributed by atoms with Gasteiger partial charge in [-0.3, -0.25) is 4.79 Å². The summed E-state index contributed by atoms with van der Waals surface area (Å²) in [6, 6.07) is 8.09. The molecule has 3 N–H and O–H groups in total. The van der Waals surface area contributed by atoms with Crippen molar-refractivity contribution in [2.75, 3.05) is 12.3 Å². The number of fused-ring (bicyclic) bond motifs is 1. The van der Waals surface area contributed by atoms with E-state index in [9.17, 15) is 9.90 Å². The Morgan fingerprint density at radius 3 is 3.05 bits per heavy atom. The molecule has 1 aromatic carbocycles. The number of β-amino-alcohol motifs (C(OH)–C–C–N with tert-alkyl or cyclic N) is 1. The molecule has 2 heterocycles. The number of aliphatic hydroxyl groups excluding tert-OH is 1. The van der Waals surface area contributed by atoms with E-state index in [1.165, 1.54) is 10.5 Å². The summed E-state index contributed by atoms with van der Waals surface area (Å²) in [6.45, 7) is 0.509. The van der Waals surface area contributed by atoms with Crippen molar-refractivity contribution in [3.63, 3.8) is 0 Å². The molecule has 0 saturated carbocycles. The van der Waals surface area contributed by atoms with Crippen molar-refractivity contribution in [2.24, 2.45) is 0 Å². The van der Waals surface area contributed by atoms with E-state index in [-0.39, 0.29) is 18.0 Å². The molecule has 4 nitrogen and oxygen atoms in total. The van der Waals surface area contributed by atoms with Crippen LogP contribution in [0.4, 0.5) is 0 Å². The highest BCUT2D eigenvalue weighted by molar-refractivity contribution is 7.99. The van der Waals surface area contributed by atoms with E-state index in [1.807, 2.05) is 23.9 Å². The van der Waals surface area contributed by atoms with Crippen LogP contribution >= 0.6 is 11.8 Å². The van der Waals surface area contributed by atoms with Gasteiger partial charge in [0.15, 0.2) is 0 Å². The van der Waals surface area contributed by atoms with Crippen molar-refractivity contribution >= 4 is 17.7 Å². The van der Waals surface area contributed by atoms with Gasteiger partial charge in [0.1, 0.15) is 0 Å². The van der Waals surface area contributed by atoms with Gasteiger partial charge < -0.3 is 15.7 Å². The topological polar surface area (TPSA) is 61.4 Å². The first-order valence-electron chi connectivity index (χ1n) is 6.67. The highest BCUT2D eigenvalue weighted by Gasteiger charge is 2.30. The molecule has 102 valence electrons. The third-order valence-electron chi connectivity index (χ3n) is 3.70. The third-order valence-corrected chi connectivity index (χ3v) is 4.82. The third kappa shape index (κ3) is 2.78. The van der Waals surface area contributed by atoms with Crippen molar-refractivity contribution in [1.82, 2.24) is 10.6 Å². The van der Waals surface area contributed by atoms with Gasteiger partial charge in [-0.25, -0.2) is 0 Å². The van der Waals surface area contributed by atoms with E-state index < -0.39 is 6.10 Å². The Balaban J connectivity index is 1.69. The first-order valence-corrected chi connectivity index (χ1v) is 7.66. The molecule has 1 fully saturated rings. The van der Waals surface area contributed by atoms with Crippen LogP contribution < -0.4 is 10.6 Å². The van der Waals surface area contributed by atoms with Crippen LogP contribution in [0.15, 0.2) is 29.2 Å². The van der Waals surface area contributed by atoms with Crippen molar-refractivity contribution < 1.29 is 9.90 Å². The summed E-state index contributed by atoms with van der Waals surface area (Å²) in [5.74, 6) is 1.03. The lowest BCUT2D eigenvalue weighted by Gasteiger charge is -2.27. The van der Waals surface area contributed by atoms with Gasteiger partial charge in [0.2, 0.25) is 5.91 Å². The highest BCUT2D eigenvalue weighted by Crippen LogP contribution is 2.35. The quantitative estimate of drug-likeness (QED) is 0.757. The van der Waals surface area contributed by atoms with Gasteiger partial charge in [-0.2, -0.15) is 0 Å². The van der Waals surface area contributed by atoms with Crippen LogP contribution in [0.25, 0.3) is 0 Å². The van der Waals surface area contributed by atoms with Gasteiger partial charge in [-0.05, 0) is 24.5 Å². The fraction of sp³-hybridized carbons (Fsp3) is 0.500. The SMILES string of the molecule is O=C(NC1CCSc2ccccc21)C1CC(O)CN1. The number of carbonyl (C=O) groups is 1. The predicted octanol–water partition coefficient (Wildman–Crippen LogP) is 1.06. The molecule has 3 unspecified atom stereocenters. The van der Waals surface area contributed by atoms with Gasteiger partial charge in [-0.15, -0.1) is 11.8 Å². The van der Waals surface area contributed by atoms with Crippen molar-refractivity contribution in [2.45, 2.75) is 35.9 Å². The minimum Gasteiger partial charge on any atom is -0.392 e. The van der Waals surface area contributed by atoms with Gasteiger partial charge in [0, 0.05) is 17.2 Å². The average Bonchev–Trinajstić information content (AvgIpc) is 2.86. The Kier molecular flexibility index (Phi) is 3.77. The number of hydrogen-bond acceptors (Lipinski definition) is 4. The fourth-order valence-electron chi connectivity index (χ4n) is 2.68. The molecule has 1 amide bonds. The van der Waals surface area contributed by atoms with E-state index in [0.717, 1.165) is 12.2 Å². The zero-order chi connectivity index (χ0) is 13.2. The second-order valence-corrected chi connectivity index (χ2v) is 6.22. The summed E-state index contributed by atoms with van der Waals surface area (Å²) in [7, 11) is 0. The van der Waals surface area contributed by atoms with Crippen LogP contribution in [-0.2, 0) is 4.79 Å². The summed E-state index contributed by atoms with van der Waals surface area (Å²) in [6.07, 6.45) is 1.07. The zero-order valence-corrected chi connectivity index (χ0v) is 11.5. The van der Waals surface area contributed by atoms with Crippen molar-refractivity contribution in [3.05, 3.63) is 29.8 Å². The molecule has 3 rings (SSSR count). The number of carbonyl (C=O) groups excluding carboxylic acids is 1. The summed E-state index contributed by atoms with van der Waals surface area (Å²) >= 11 is 1.85. The molecule has 0 aromatic heterocycles. The summed E-state index contributed by atoms with van der Waals surface area (Å²) in [5, 5.41) is 15.6. The normalized spacial score (nSPS) is 29.8. The Morgan fingerprint density at radius 2 is 2.26 bits per heavy atom. The molecule has 2 aliphatic rings. The first-order chi connectivity index (χ1) is 9.24. The maximum absolute atomic E-state index is 12.2. The molecule has 0 radical (unpaired) electrons. The molecule has 0 spiro atoms. The number of thioether (sulfide) groups is 1. The standard InChI is InChI=1S/C14H18N2O2S/c17-9-7-12(15-8-9)14(18)16-11-5-6-19-13-4-2-1-3-10(11)13/h1-4,9,11-12,15,17H,5-8H2,(H,16,18). The molecule has 1 saturated heterocycles. The van der Waals surface area contributed by atoms with Crippen LogP contribution in [0.5, 0.6) is 0 Å². The van der Waals surface area contributed by atoms with E-state index in [0.29, 0.717) is 13.0 Å². The second kappa shape index (κ2) is 5.53. The molecule has 19 heavy (non-hydrogen) atoms. The minimum absolute atomic E-state index is 0.00301. The Hall–Kier alpha value is -1.04. The smallest absolute Gasteiger partial charge is 0.237 e. The fourth-order valence-corrected chi connectivity index (χ4v) is 3.81. The molecular formula is C14H18N2O2S. The number of amides is 1. The lowest BCUT2D eigenvalue weighted by Crippen LogP contribution is -2.42. The molecule has 3 atom stereocenters. The van der Waals surface area contributed by atoms with E-state index in [2.05, 4.69) is 22.8 Å². The van der Waals surface area contributed by atoms with Crippen molar-refractivity contribution in [3.8, 4) is 0 Å². The van der Waals surface area contributed by atoms with Gasteiger partial charge in [0.25, 0.3) is 0 Å². The Bertz CT molecular complexity index is 480. The second-order valence-electron chi connectivity index (χ2n) is 5.09. The van der Waals surface area contributed by atoms with Gasteiger partial charge in [-0.1, -0.05) is 18.2 Å². The largest absolute Gasteiger partial charge is 0.392 e. The summed E-state index contributed by atoms with van der Waals surface area (Å²) < 4.78 is 0. The predicted molar refractivity (Wildman–Crippen MR) is 75.1 cm³/mol.